The lowest BCUT2D eigenvalue weighted by Gasteiger charge is -2.50. The van der Waals surface area contributed by atoms with Crippen molar-refractivity contribution in [1.82, 2.24) is 15.3 Å². The number of nitrogens with one attached hydrogen (secondary N) is 1. The molecule has 0 spiro atoms. The zero-order valence-electron chi connectivity index (χ0n) is 31.6. The lowest BCUT2D eigenvalue weighted by Crippen LogP contribution is -2.70. The standard InChI is InChI=1S/C40H51N3O12/c1-39(2,3)54-31(46)14-13-28(23-45)41-36(47)29(20-25-9-6-5-7-10-25)42(4)38(49)40-21-30-32-33(52-24-51-32)35(40)55-43(34(40)37(48)53-30)22-27-12-8-11-26(19-27)15-17-50-18-16-44/h5-12,15,17,19,28-30,32-35,44-45H,13-14,16,18,20-24H2,1-4H3,(H,41,47). The van der Waals surface area contributed by atoms with Gasteiger partial charge < -0.3 is 44.1 Å². The van der Waals surface area contributed by atoms with E-state index < -0.39 is 83.9 Å². The molecule has 8 atom stereocenters. The summed E-state index contributed by atoms with van der Waals surface area (Å²) >= 11 is 0. The molecule has 2 aromatic rings. The van der Waals surface area contributed by atoms with E-state index in [9.17, 15) is 19.5 Å². The number of fused-ring (bicyclic) bond motifs is 4. The van der Waals surface area contributed by atoms with E-state index in [1.54, 1.807) is 26.8 Å². The summed E-state index contributed by atoms with van der Waals surface area (Å²) in [5, 5.41) is 23.6. The van der Waals surface area contributed by atoms with E-state index in [1.165, 1.54) is 23.3 Å². The molecule has 3 heterocycles. The number of hydrogen-bond acceptors (Lipinski definition) is 13. The molecule has 298 valence electrons. The summed E-state index contributed by atoms with van der Waals surface area (Å²) in [6, 6.07) is 13.6. The van der Waals surface area contributed by atoms with Crippen LogP contribution < -0.4 is 5.32 Å². The summed E-state index contributed by atoms with van der Waals surface area (Å²) in [5.41, 5.74) is 0.161. The van der Waals surface area contributed by atoms with Crippen LogP contribution in [-0.4, -0.2) is 126 Å². The highest BCUT2D eigenvalue weighted by atomic mass is 16.8. The number of esters is 2. The van der Waals surface area contributed by atoms with Crippen LogP contribution in [0.2, 0.25) is 0 Å². The predicted octanol–water partition coefficient (Wildman–Crippen LogP) is 1.88. The maximum absolute atomic E-state index is 15.3. The number of aliphatic hydroxyl groups is 2. The Morgan fingerprint density at radius 3 is 2.55 bits per heavy atom. The van der Waals surface area contributed by atoms with Gasteiger partial charge in [0.15, 0.2) is 6.04 Å². The van der Waals surface area contributed by atoms with Crippen molar-refractivity contribution < 1.29 is 57.9 Å². The van der Waals surface area contributed by atoms with Crippen LogP contribution in [-0.2, 0) is 60.7 Å². The van der Waals surface area contributed by atoms with Crippen LogP contribution in [0.15, 0.2) is 60.9 Å². The zero-order chi connectivity index (χ0) is 39.3. The third-order valence-corrected chi connectivity index (χ3v) is 10.4. The average molecular weight is 766 g/mol. The number of carbonyl (C=O) groups excluding carboxylic acids is 4. The number of rotatable bonds is 16. The second kappa shape index (κ2) is 17.2. The van der Waals surface area contributed by atoms with Crippen molar-refractivity contribution in [2.24, 2.45) is 5.41 Å². The Morgan fingerprint density at radius 1 is 1.07 bits per heavy atom. The number of nitrogens with zero attached hydrogens (tertiary/aromatic N) is 2. The van der Waals surface area contributed by atoms with Gasteiger partial charge in [0.05, 0.1) is 32.1 Å². The van der Waals surface area contributed by atoms with Crippen molar-refractivity contribution in [3.8, 4) is 0 Å². The molecule has 3 aliphatic heterocycles. The van der Waals surface area contributed by atoms with Gasteiger partial charge in [0.2, 0.25) is 11.8 Å². The SMILES string of the molecule is CN(C(=O)C12CC3OC(=O)C1N(Cc1cccc(C=COCCO)c1)OC2C1OCOC31)C(Cc1ccccc1)C(=O)NC(CO)CCC(=O)OC(C)(C)C. The van der Waals surface area contributed by atoms with Crippen molar-refractivity contribution in [3.63, 3.8) is 0 Å². The zero-order valence-corrected chi connectivity index (χ0v) is 31.6. The third-order valence-electron chi connectivity index (χ3n) is 10.4. The first kappa shape index (κ1) is 40.3. The second-order valence-electron chi connectivity index (χ2n) is 15.4. The van der Waals surface area contributed by atoms with E-state index in [-0.39, 0.29) is 52.2 Å². The Kier molecular flexibility index (Phi) is 12.6. The molecule has 6 rings (SSSR count). The number of ether oxygens (including phenoxy) is 5. The van der Waals surface area contributed by atoms with Gasteiger partial charge in [0.25, 0.3) is 0 Å². The summed E-state index contributed by atoms with van der Waals surface area (Å²) in [7, 11) is 1.53. The highest BCUT2D eigenvalue weighted by Crippen LogP contribution is 2.56. The lowest BCUT2D eigenvalue weighted by atomic mass is 9.62. The van der Waals surface area contributed by atoms with E-state index in [1.807, 2.05) is 54.6 Å². The molecule has 1 aliphatic carbocycles. The molecule has 4 fully saturated rings. The minimum absolute atomic E-state index is 0.0364. The van der Waals surface area contributed by atoms with Gasteiger partial charge >= 0.3 is 11.9 Å². The minimum atomic E-state index is -1.51. The molecule has 0 radical (unpaired) electrons. The van der Waals surface area contributed by atoms with Gasteiger partial charge in [-0.3, -0.25) is 24.0 Å². The van der Waals surface area contributed by atoms with Gasteiger partial charge in [-0.1, -0.05) is 54.6 Å². The van der Waals surface area contributed by atoms with Crippen LogP contribution in [0.4, 0.5) is 0 Å². The normalized spacial score (nSPS) is 26.9. The van der Waals surface area contributed by atoms with Gasteiger partial charge in [-0.15, -0.1) is 0 Å². The third kappa shape index (κ3) is 8.87. The molecule has 8 unspecified atom stereocenters. The molecule has 4 aliphatic rings. The molecule has 1 saturated carbocycles. The van der Waals surface area contributed by atoms with E-state index in [2.05, 4.69) is 5.32 Å². The minimum Gasteiger partial charge on any atom is -0.499 e. The van der Waals surface area contributed by atoms with Gasteiger partial charge in [0, 0.05) is 26.3 Å². The van der Waals surface area contributed by atoms with E-state index in [0.717, 1.165) is 16.7 Å². The lowest BCUT2D eigenvalue weighted by molar-refractivity contribution is -0.204. The Hall–Kier alpha value is -4.38. The van der Waals surface area contributed by atoms with Crippen molar-refractivity contribution in [2.75, 3.05) is 33.7 Å². The van der Waals surface area contributed by atoms with Crippen LogP contribution >= 0.6 is 0 Å². The van der Waals surface area contributed by atoms with Crippen LogP contribution in [0, 0.1) is 5.41 Å². The van der Waals surface area contributed by atoms with E-state index in [0.29, 0.717) is 0 Å². The summed E-state index contributed by atoms with van der Waals surface area (Å²) in [5.74, 6) is -2.14. The van der Waals surface area contributed by atoms with Gasteiger partial charge in [0.1, 0.15) is 54.9 Å². The Labute approximate surface area is 320 Å². The Balaban J connectivity index is 1.29. The molecule has 3 N–H and O–H groups in total. The number of aliphatic hydroxyl groups excluding tert-OH is 2. The van der Waals surface area contributed by atoms with Gasteiger partial charge in [-0.2, -0.15) is 5.06 Å². The Morgan fingerprint density at radius 2 is 1.82 bits per heavy atom. The van der Waals surface area contributed by atoms with Crippen molar-refractivity contribution in [3.05, 3.63) is 77.5 Å². The van der Waals surface area contributed by atoms with Crippen LogP contribution in [0.25, 0.3) is 6.08 Å². The highest BCUT2D eigenvalue weighted by Gasteiger charge is 2.75. The van der Waals surface area contributed by atoms with Crippen LogP contribution in [0.1, 0.15) is 56.7 Å². The number of amides is 2. The molecule has 55 heavy (non-hydrogen) atoms. The summed E-state index contributed by atoms with van der Waals surface area (Å²) in [6.45, 7) is 4.93. The molecule has 3 saturated heterocycles. The summed E-state index contributed by atoms with van der Waals surface area (Å²) in [4.78, 5) is 63.9. The molecule has 2 aromatic carbocycles. The molecular weight excluding hydrogens is 714 g/mol. The quantitative estimate of drug-likeness (QED) is 0.128. The Bertz CT molecular complexity index is 1720. The maximum Gasteiger partial charge on any atom is 0.327 e. The molecule has 0 aromatic heterocycles. The van der Waals surface area contributed by atoms with E-state index >= 15 is 4.79 Å². The first-order chi connectivity index (χ1) is 26.3. The van der Waals surface area contributed by atoms with Crippen LogP contribution in [0.5, 0.6) is 0 Å². The summed E-state index contributed by atoms with van der Waals surface area (Å²) < 4.78 is 28.5. The van der Waals surface area contributed by atoms with Crippen molar-refractivity contribution in [1.29, 1.82) is 0 Å². The molecular formula is C40H51N3O12. The molecule has 15 heteroatoms. The van der Waals surface area contributed by atoms with Crippen LogP contribution in [0.3, 0.4) is 0 Å². The second-order valence-corrected chi connectivity index (χ2v) is 15.4. The maximum atomic E-state index is 15.3. The smallest absolute Gasteiger partial charge is 0.327 e. The number of hydrogen-bond donors (Lipinski definition) is 3. The largest absolute Gasteiger partial charge is 0.499 e. The van der Waals surface area contributed by atoms with E-state index in [4.69, 9.17) is 33.6 Å². The predicted molar refractivity (Wildman–Crippen MR) is 195 cm³/mol. The fourth-order valence-electron chi connectivity index (χ4n) is 7.94. The first-order valence-corrected chi connectivity index (χ1v) is 18.6. The fourth-order valence-corrected chi connectivity index (χ4v) is 7.94. The fraction of sp³-hybridized carbons (Fsp3) is 0.550. The number of carbonyl (C=O) groups is 4. The van der Waals surface area contributed by atoms with Gasteiger partial charge in [-0.05, 0) is 50.0 Å². The molecule has 2 bridgehead atoms. The highest BCUT2D eigenvalue weighted by molar-refractivity contribution is 5.96. The molecule has 15 nitrogen and oxygen atoms in total. The topological polar surface area (TPSA) is 183 Å². The van der Waals surface area contributed by atoms with Gasteiger partial charge in [-0.25, -0.2) is 0 Å². The van der Waals surface area contributed by atoms with Crippen molar-refractivity contribution in [2.45, 2.75) is 101 Å². The first-order valence-electron chi connectivity index (χ1n) is 18.6. The molecule has 2 amide bonds. The number of hydroxylamine groups is 2. The average Bonchev–Trinajstić information content (AvgIpc) is 3.78. The summed E-state index contributed by atoms with van der Waals surface area (Å²) in [6.07, 6.45) is 0.406. The number of benzene rings is 2. The monoisotopic (exact) mass is 765 g/mol. The van der Waals surface area contributed by atoms with Crippen molar-refractivity contribution >= 4 is 29.8 Å². The number of likely N-dealkylation sites (N-methyl/N-ethyl adjacent to an activating group) is 1.